The predicted molar refractivity (Wildman–Crippen MR) is 93.3 cm³/mol. The number of anilines is 1. The largest absolute Gasteiger partial charge is 0.378 e. The third kappa shape index (κ3) is 4.28. The van der Waals surface area contributed by atoms with Crippen LogP contribution in [0.15, 0.2) is 23.7 Å². The Bertz CT molecular complexity index is 685. The Morgan fingerprint density at radius 3 is 3.04 bits per heavy atom. The van der Waals surface area contributed by atoms with Crippen LogP contribution in [0.25, 0.3) is 0 Å². The first-order chi connectivity index (χ1) is 11.8. The van der Waals surface area contributed by atoms with E-state index in [2.05, 4.69) is 20.2 Å². The van der Waals surface area contributed by atoms with Gasteiger partial charge in [-0.25, -0.2) is 9.97 Å². The summed E-state index contributed by atoms with van der Waals surface area (Å²) in [5.41, 5.74) is 6.97. The van der Waals surface area contributed by atoms with Gasteiger partial charge in [0.2, 0.25) is 0 Å². The van der Waals surface area contributed by atoms with Crippen LogP contribution in [0.2, 0.25) is 0 Å². The van der Waals surface area contributed by atoms with E-state index in [-0.39, 0.29) is 5.91 Å². The summed E-state index contributed by atoms with van der Waals surface area (Å²) in [5.74, 6) is 0.753. The van der Waals surface area contributed by atoms with Gasteiger partial charge in [0.1, 0.15) is 11.5 Å². The van der Waals surface area contributed by atoms with Crippen molar-refractivity contribution in [2.24, 2.45) is 5.73 Å². The summed E-state index contributed by atoms with van der Waals surface area (Å²) in [7, 11) is 0. The van der Waals surface area contributed by atoms with E-state index in [0.717, 1.165) is 42.7 Å². The molecule has 1 aliphatic rings. The van der Waals surface area contributed by atoms with E-state index >= 15 is 0 Å². The maximum Gasteiger partial charge on any atom is 0.271 e. The molecule has 0 spiro atoms. The summed E-state index contributed by atoms with van der Waals surface area (Å²) < 4.78 is 5.36. The number of pyridine rings is 1. The molecule has 7 nitrogen and oxygen atoms in total. The topological polar surface area (TPSA) is 93.4 Å². The lowest BCUT2D eigenvalue weighted by Gasteiger charge is -2.28. The molecule has 1 aliphatic heterocycles. The number of morpholine rings is 1. The zero-order valence-electron chi connectivity index (χ0n) is 13.4. The molecule has 0 saturated carbocycles. The van der Waals surface area contributed by atoms with Crippen LogP contribution >= 0.6 is 11.3 Å². The van der Waals surface area contributed by atoms with E-state index in [4.69, 9.17) is 10.5 Å². The number of hydrogen-bond acceptors (Lipinski definition) is 7. The Morgan fingerprint density at radius 1 is 1.42 bits per heavy atom. The average Bonchev–Trinajstić information content (AvgIpc) is 3.10. The quantitative estimate of drug-likeness (QED) is 0.803. The standard InChI is InChI=1S/C16H21N5O2S/c17-3-1-15-20-13(11-24-15)16(22)19-10-12-2-4-18-14(9-12)21-5-7-23-8-6-21/h2,4,9,11H,1,3,5-8,10,17H2,(H,19,22). The van der Waals surface area contributed by atoms with Crippen LogP contribution in [-0.4, -0.2) is 48.7 Å². The van der Waals surface area contributed by atoms with Crippen LogP contribution < -0.4 is 16.0 Å². The van der Waals surface area contributed by atoms with Gasteiger partial charge in [0.05, 0.1) is 18.2 Å². The minimum atomic E-state index is -0.167. The Hall–Kier alpha value is -2.03. The Kier molecular flexibility index (Phi) is 5.73. The third-order valence-corrected chi connectivity index (χ3v) is 4.65. The molecule has 1 amide bonds. The molecule has 0 bridgehead atoms. The van der Waals surface area contributed by atoms with E-state index in [1.807, 2.05) is 12.1 Å². The molecular formula is C16H21N5O2S. The van der Waals surface area contributed by atoms with Crippen molar-refractivity contribution in [3.05, 3.63) is 40.0 Å². The van der Waals surface area contributed by atoms with Gasteiger partial charge in [-0.2, -0.15) is 0 Å². The smallest absolute Gasteiger partial charge is 0.271 e. The number of rotatable bonds is 6. The number of hydrogen-bond donors (Lipinski definition) is 2. The van der Waals surface area contributed by atoms with E-state index in [1.54, 1.807) is 11.6 Å². The fraction of sp³-hybridized carbons (Fsp3) is 0.438. The zero-order valence-corrected chi connectivity index (χ0v) is 14.2. The van der Waals surface area contributed by atoms with E-state index in [9.17, 15) is 4.79 Å². The van der Waals surface area contributed by atoms with Crippen LogP contribution in [0.1, 0.15) is 21.1 Å². The number of carbonyl (C=O) groups excluding carboxylic acids is 1. The molecule has 2 aromatic rings. The summed E-state index contributed by atoms with van der Waals surface area (Å²) in [4.78, 5) is 23.1. The van der Waals surface area contributed by atoms with Crippen molar-refractivity contribution in [3.8, 4) is 0 Å². The molecule has 8 heteroatoms. The third-order valence-electron chi connectivity index (χ3n) is 3.74. The van der Waals surface area contributed by atoms with E-state index in [0.29, 0.717) is 25.2 Å². The van der Waals surface area contributed by atoms with Crippen molar-refractivity contribution in [2.45, 2.75) is 13.0 Å². The Labute approximate surface area is 144 Å². The number of nitrogens with two attached hydrogens (primary N) is 1. The lowest BCUT2D eigenvalue weighted by molar-refractivity contribution is 0.0946. The highest BCUT2D eigenvalue weighted by Gasteiger charge is 2.13. The highest BCUT2D eigenvalue weighted by Crippen LogP contribution is 2.15. The fourth-order valence-electron chi connectivity index (χ4n) is 2.46. The number of aromatic nitrogens is 2. The Balaban J connectivity index is 1.58. The van der Waals surface area contributed by atoms with Gasteiger partial charge in [-0.1, -0.05) is 0 Å². The summed E-state index contributed by atoms with van der Waals surface area (Å²) in [6.07, 6.45) is 2.47. The number of nitrogens with one attached hydrogen (secondary N) is 1. The first kappa shape index (κ1) is 16.8. The highest BCUT2D eigenvalue weighted by molar-refractivity contribution is 7.09. The van der Waals surface area contributed by atoms with Gasteiger partial charge in [-0.15, -0.1) is 11.3 Å². The molecule has 0 radical (unpaired) electrons. The fourth-order valence-corrected chi connectivity index (χ4v) is 3.26. The second kappa shape index (κ2) is 8.18. The zero-order chi connectivity index (χ0) is 16.8. The Morgan fingerprint density at radius 2 is 2.25 bits per heavy atom. The van der Waals surface area contributed by atoms with Crippen LogP contribution in [0.5, 0.6) is 0 Å². The molecule has 128 valence electrons. The van der Waals surface area contributed by atoms with E-state index < -0.39 is 0 Å². The van der Waals surface area contributed by atoms with Crippen LogP contribution in [0.4, 0.5) is 5.82 Å². The van der Waals surface area contributed by atoms with Crippen LogP contribution in [-0.2, 0) is 17.7 Å². The van der Waals surface area contributed by atoms with Gasteiger partial charge >= 0.3 is 0 Å². The number of ether oxygens (including phenoxy) is 1. The summed E-state index contributed by atoms with van der Waals surface area (Å²) in [5, 5.41) is 5.56. The molecule has 3 N–H and O–H groups in total. The van der Waals surface area contributed by atoms with Crippen molar-refractivity contribution in [2.75, 3.05) is 37.7 Å². The van der Waals surface area contributed by atoms with Crippen LogP contribution in [0, 0.1) is 0 Å². The maximum atomic E-state index is 12.2. The van der Waals surface area contributed by atoms with Gasteiger partial charge in [0.25, 0.3) is 5.91 Å². The highest BCUT2D eigenvalue weighted by atomic mass is 32.1. The van der Waals surface area contributed by atoms with Gasteiger partial charge in [-0.05, 0) is 24.2 Å². The molecule has 0 aliphatic carbocycles. The summed E-state index contributed by atoms with van der Waals surface area (Å²) in [6, 6.07) is 3.91. The van der Waals surface area contributed by atoms with Gasteiger partial charge < -0.3 is 20.7 Å². The number of carbonyl (C=O) groups is 1. The lowest BCUT2D eigenvalue weighted by atomic mass is 10.2. The lowest BCUT2D eigenvalue weighted by Crippen LogP contribution is -2.36. The molecule has 0 aromatic carbocycles. The maximum absolute atomic E-state index is 12.2. The van der Waals surface area contributed by atoms with Crippen molar-refractivity contribution in [1.82, 2.24) is 15.3 Å². The molecule has 1 fully saturated rings. The molecular weight excluding hydrogens is 326 g/mol. The minimum absolute atomic E-state index is 0.167. The number of nitrogens with zero attached hydrogens (tertiary/aromatic N) is 3. The summed E-state index contributed by atoms with van der Waals surface area (Å²) >= 11 is 1.46. The summed E-state index contributed by atoms with van der Waals surface area (Å²) in [6.45, 7) is 4.10. The minimum Gasteiger partial charge on any atom is -0.378 e. The predicted octanol–water partition coefficient (Wildman–Crippen LogP) is 0.806. The molecule has 1 saturated heterocycles. The van der Waals surface area contributed by atoms with Crippen molar-refractivity contribution in [1.29, 1.82) is 0 Å². The first-order valence-electron chi connectivity index (χ1n) is 7.96. The van der Waals surface area contributed by atoms with Crippen molar-refractivity contribution in [3.63, 3.8) is 0 Å². The molecule has 3 heterocycles. The number of amides is 1. The van der Waals surface area contributed by atoms with E-state index in [1.165, 1.54) is 11.3 Å². The SMILES string of the molecule is NCCc1nc(C(=O)NCc2ccnc(N3CCOCC3)c2)cs1. The molecule has 2 aromatic heterocycles. The second-order valence-corrected chi connectivity index (χ2v) is 6.41. The van der Waals surface area contributed by atoms with Gasteiger partial charge in [0.15, 0.2) is 0 Å². The first-order valence-corrected chi connectivity index (χ1v) is 8.84. The second-order valence-electron chi connectivity index (χ2n) is 5.47. The molecule has 0 atom stereocenters. The van der Waals surface area contributed by atoms with Crippen molar-refractivity contribution >= 4 is 23.1 Å². The molecule has 3 rings (SSSR count). The van der Waals surface area contributed by atoms with Gasteiger partial charge in [0, 0.05) is 37.6 Å². The normalized spacial score (nSPS) is 14.6. The monoisotopic (exact) mass is 347 g/mol. The molecule has 24 heavy (non-hydrogen) atoms. The van der Waals surface area contributed by atoms with Gasteiger partial charge in [-0.3, -0.25) is 4.79 Å². The molecule has 0 unspecified atom stereocenters. The van der Waals surface area contributed by atoms with Crippen LogP contribution in [0.3, 0.4) is 0 Å². The number of thiazole rings is 1. The van der Waals surface area contributed by atoms with Crippen molar-refractivity contribution < 1.29 is 9.53 Å². The average molecular weight is 347 g/mol.